The van der Waals surface area contributed by atoms with Crippen LogP contribution in [-0.4, -0.2) is 52.8 Å². The predicted molar refractivity (Wildman–Crippen MR) is 110 cm³/mol. The van der Waals surface area contributed by atoms with E-state index in [1.165, 1.54) is 4.90 Å². The van der Waals surface area contributed by atoms with Crippen molar-refractivity contribution < 1.29 is 24.2 Å². The zero-order chi connectivity index (χ0) is 21.2. The van der Waals surface area contributed by atoms with Gasteiger partial charge in [0.2, 0.25) is 0 Å². The van der Waals surface area contributed by atoms with Gasteiger partial charge in [0.15, 0.2) is 5.78 Å². The number of hydrogen-bond donors (Lipinski definition) is 1. The van der Waals surface area contributed by atoms with Gasteiger partial charge < -0.3 is 14.6 Å². The fraction of sp³-hybridized carbons (Fsp3) is 0.652. The van der Waals surface area contributed by atoms with Gasteiger partial charge in [-0.15, -0.1) is 0 Å². The molecule has 1 N–H and O–H groups in total. The van der Waals surface area contributed by atoms with E-state index in [2.05, 4.69) is 0 Å². The number of ketones is 1. The molecule has 1 atom stereocenters. The SMILES string of the molecule is Cc1cccc(O)c1C1CCC(OCC2C(=O)CCN2C(=O)OC(C)(C)C)CC1. The van der Waals surface area contributed by atoms with E-state index in [0.29, 0.717) is 24.6 Å². The Morgan fingerprint density at radius 1 is 1.21 bits per heavy atom. The lowest BCUT2D eigenvalue weighted by atomic mass is 9.80. The van der Waals surface area contributed by atoms with Crippen molar-refractivity contribution in [3.05, 3.63) is 29.3 Å². The molecule has 6 nitrogen and oxygen atoms in total. The molecule has 1 aliphatic heterocycles. The Morgan fingerprint density at radius 2 is 1.90 bits per heavy atom. The Kier molecular flexibility index (Phi) is 6.52. The van der Waals surface area contributed by atoms with Crippen LogP contribution in [0.1, 0.15) is 69.9 Å². The molecule has 1 saturated carbocycles. The van der Waals surface area contributed by atoms with Crippen molar-refractivity contribution in [2.24, 2.45) is 0 Å². The first kappa shape index (κ1) is 21.6. The Bertz CT molecular complexity index is 726. The summed E-state index contributed by atoms with van der Waals surface area (Å²) in [6.07, 6.45) is 3.63. The van der Waals surface area contributed by atoms with Gasteiger partial charge in [-0.25, -0.2) is 4.79 Å². The molecule has 1 aromatic carbocycles. The summed E-state index contributed by atoms with van der Waals surface area (Å²) in [6, 6.07) is 5.11. The molecule has 1 heterocycles. The van der Waals surface area contributed by atoms with E-state index in [1.54, 1.807) is 6.07 Å². The molecule has 160 valence electrons. The van der Waals surface area contributed by atoms with Gasteiger partial charge in [0.25, 0.3) is 0 Å². The molecule has 0 aromatic heterocycles. The van der Waals surface area contributed by atoms with Crippen LogP contribution in [0.2, 0.25) is 0 Å². The quantitative estimate of drug-likeness (QED) is 0.810. The summed E-state index contributed by atoms with van der Waals surface area (Å²) in [4.78, 5) is 26.2. The largest absolute Gasteiger partial charge is 0.508 e. The van der Waals surface area contributed by atoms with E-state index < -0.39 is 17.7 Å². The summed E-state index contributed by atoms with van der Waals surface area (Å²) < 4.78 is 11.5. The molecule has 6 heteroatoms. The molecule has 29 heavy (non-hydrogen) atoms. The average molecular weight is 404 g/mol. The van der Waals surface area contributed by atoms with Crippen LogP contribution in [0.25, 0.3) is 0 Å². The van der Waals surface area contributed by atoms with Gasteiger partial charge in [-0.3, -0.25) is 9.69 Å². The lowest BCUT2D eigenvalue weighted by Crippen LogP contribution is -2.44. The van der Waals surface area contributed by atoms with E-state index in [1.807, 2.05) is 39.8 Å². The summed E-state index contributed by atoms with van der Waals surface area (Å²) in [5, 5.41) is 10.2. The van der Waals surface area contributed by atoms with E-state index in [9.17, 15) is 14.7 Å². The maximum atomic E-state index is 12.4. The number of ether oxygens (including phenoxy) is 2. The van der Waals surface area contributed by atoms with Crippen molar-refractivity contribution in [3.8, 4) is 5.75 Å². The van der Waals surface area contributed by atoms with Gasteiger partial charge >= 0.3 is 6.09 Å². The summed E-state index contributed by atoms with van der Waals surface area (Å²) >= 11 is 0. The molecule has 2 aliphatic rings. The number of aryl methyl sites for hydroxylation is 1. The normalized spacial score (nSPS) is 25.3. The molecule has 0 radical (unpaired) electrons. The summed E-state index contributed by atoms with van der Waals surface area (Å²) in [5.74, 6) is 0.746. The monoisotopic (exact) mass is 403 g/mol. The lowest BCUT2D eigenvalue weighted by molar-refractivity contribution is -0.122. The van der Waals surface area contributed by atoms with Gasteiger partial charge in [0, 0.05) is 13.0 Å². The van der Waals surface area contributed by atoms with Crippen LogP contribution in [0.4, 0.5) is 4.79 Å². The first-order chi connectivity index (χ1) is 13.7. The number of hydrogen-bond acceptors (Lipinski definition) is 5. The third-order valence-electron chi connectivity index (χ3n) is 5.85. The van der Waals surface area contributed by atoms with Crippen molar-refractivity contribution in [1.82, 2.24) is 4.90 Å². The molecular weight excluding hydrogens is 370 g/mol. The number of Topliss-reactive ketones (excluding diaryl/α,β-unsaturated/α-hetero) is 1. The van der Waals surface area contributed by atoms with E-state index in [0.717, 1.165) is 36.8 Å². The van der Waals surface area contributed by atoms with Crippen LogP contribution >= 0.6 is 0 Å². The second-order valence-corrected chi connectivity index (χ2v) is 9.22. The number of likely N-dealkylation sites (tertiary alicyclic amines) is 1. The number of nitrogens with zero attached hydrogens (tertiary/aromatic N) is 1. The first-order valence-corrected chi connectivity index (χ1v) is 10.6. The fourth-order valence-corrected chi connectivity index (χ4v) is 4.39. The molecule has 1 saturated heterocycles. The molecule has 3 rings (SSSR count). The van der Waals surface area contributed by atoms with Crippen molar-refractivity contribution in [2.45, 2.75) is 83.5 Å². The van der Waals surface area contributed by atoms with Crippen molar-refractivity contribution in [3.63, 3.8) is 0 Å². The molecule has 1 aliphatic carbocycles. The summed E-state index contributed by atoms with van der Waals surface area (Å²) in [6.45, 7) is 8.11. The highest BCUT2D eigenvalue weighted by atomic mass is 16.6. The minimum atomic E-state index is -0.590. The van der Waals surface area contributed by atoms with Crippen LogP contribution in [-0.2, 0) is 14.3 Å². The Hall–Kier alpha value is -2.08. The number of carbonyl (C=O) groups excluding carboxylic acids is 2. The van der Waals surface area contributed by atoms with E-state index >= 15 is 0 Å². The van der Waals surface area contributed by atoms with Gasteiger partial charge in [0.1, 0.15) is 17.4 Å². The topological polar surface area (TPSA) is 76.1 Å². The molecule has 0 bridgehead atoms. The van der Waals surface area contributed by atoms with Crippen molar-refractivity contribution in [2.75, 3.05) is 13.2 Å². The molecule has 1 amide bonds. The molecule has 0 spiro atoms. The van der Waals surface area contributed by atoms with Gasteiger partial charge in [-0.1, -0.05) is 12.1 Å². The van der Waals surface area contributed by atoms with Gasteiger partial charge in [0.05, 0.1) is 12.7 Å². The smallest absolute Gasteiger partial charge is 0.410 e. The maximum Gasteiger partial charge on any atom is 0.410 e. The highest BCUT2D eigenvalue weighted by Gasteiger charge is 2.39. The van der Waals surface area contributed by atoms with Crippen LogP contribution in [0, 0.1) is 6.92 Å². The minimum Gasteiger partial charge on any atom is -0.508 e. The molecule has 1 aromatic rings. The van der Waals surface area contributed by atoms with Crippen LogP contribution in [0.5, 0.6) is 5.75 Å². The number of phenolic OH excluding ortho intramolecular Hbond substituents is 1. The summed E-state index contributed by atoms with van der Waals surface area (Å²) in [7, 11) is 0. The number of carbonyl (C=O) groups is 2. The maximum absolute atomic E-state index is 12.4. The standard InChI is InChI=1S/C23H33NO5/c1-15-6-5-7-20(26)21(15)16-8-10-17(11-9-16)28-14-18-19(25)12-13-24(18)22(27)29-23(2,3)4/h5-7,16-18,26H,8-14H2,1-4H3. The predicted octanol–water partition coefficient (Wildman–Crippen LogP) is 4.32. The number of phenols is 1. The van der Waals surface area contributed by atoms with Crippen molar-refractivity contribution in [1.29, 1.82) is 0 Å². The Labute approximate surface area is 173 Å². The van der Waals surface area contributed by atoms with Crippen LogP contribution < -0.4 is 0 Å². The summed E-state index contributed by atoms with van der Waals surface area (Å²) in [5.41, 5.74) is 1.58. The van der Waals surface area contributed by atoms with Crippen LogP contribution in [0.3, 0.4) is 0 Å². The zero-order valence-corrected chi connectivity index (χ0v) is 17.9. The number of benzene rings is 1. The highest BCUT2D eigenvalue weighted by molar-refractivity contribution is 5.90. The molecule has 2 fully saturated rings. The number of aromatic hydroxyl groups is 1. The highest BCUT2D eigenvalue weighted by Crippen LogP contribution is 2.39. The lowest BCUT2D eigenvalue weighted by Gasteiger charge is -2.32. The van der Waals surface area contributed by atoms with Gasteiger partial charge in [-0.05, 0) is 76.5 Å². The van der Waals surface area contributed by atoms with E-state index in [4.69, 9.17) is 9.47 Å². The first-order valence-electron chi connectivity index (χ1n) is 10.6. The van der Waals surface area contributed by atoms with Gasteiger partial charge in [-0.2, -0.15) is 0 Å². The second kappa shape index (κ2) is 8.74. The second-order valence-electron chi connectivity index (χ2n) is 9.22. The Morgan fingerprint density at radius 3 is 2.52 bits per heavy atom. The molecular formula is C23H33NO5. The fourth-order valence-electron chi connectivity index (χ4n) is 4.39. The number of amides is 1. The third-order valence-corrected chi connectivity index (χ3v) is 5.85. The van der Waals surface area contributed by atoms with Crippen molar-refractivity contribution >= 4 is 11.9 Å². The zero-order valence-electron chi connectivity index (χ0n) is 17.9. The minimum absolute atomic E-state index is 0.0365. The number of rotatable bonds is 4. The third kappa shape index (κ3) is 5.30. The molecule has 1 unspecified atom stereocenters. The van der Waals surface area contributed by atoms with E-state index in [-0.39, 0.29) is 18.5 Å². The average Bonchev–Trinajstić information content (AvgIpc) is 3.00. The Balaban J connectivity index is 1.53. The van der Waals surface area contributed by atoms with Crippen LogP contribution in [0.15, 0.2) is 18.2 Å².